The molecule has 0 amide bonds. The molecule has 1 fully saturated rings. The number of piperazine rings is 1. The quantitative estimate of drug-likeness (QED) is 0.705. The minimum Gasteiger partial charge on any atom is -0.465 e. The van der Waals surface area contributed by atoms with Crippen molar-refractivity contribution in [3.05, 3.63) is 34.9 Å². The third-order valence-corrected chi connectivity index (χ3v) is 4.93. The summed E-state index contributed by atoms with van der Waals surface area (Å²) in [7, 11) is 0. The fraction of sp³-hybridized carbons (Fsp3) is 0.474. The molecule has 0 unspecified atom stereocenters. The molecule has 0 spiro atoms. The second-order valence-electron chi connectivity index (χ2n) is 6.57. The van der Waals surface area contributed by atoms with Crippen LogP contribution in [-0.2, 0) is 9.53 Å². The van der Waals surface area contributed by atoms with Gasteiger partial charge in [0.15, 0.2) is 0 Å². The standard InChI is InChI=1S/C19H25ClN4O2.2ClH/c1-3-26-17(25)12-23-7-9-24(10-8-23)19-15(13(2)21)11-14-5-4-6-16(20)18(14)22-19;;/h4-6,11,13H,3,7-10,12,21H2,1-2H3;2*1H/t13-;;/m0../s1. The van der Waals surface area contributed by atoms with Crippen molar-refractivity contribution in [2.75, 3.05) is 44.2 Å². The lowest BCUT2D eigenvalue weighted by Crippen LogP contribution is -2.48. The van der Waals surface area contributed by atoms with Crippen LogP contribution in [0.3, 0.4) is 0 Å². The highest BCUT2D eigenvalue weighted by molar-refractivity contribution is 6.35. The largest absolute Gasteiger partial charge is 0.465 e. The van der Waals surface area contributed by atoms with Crippen molar-refractivity contribution in [3.8, 4) is 0 Å². The first-order chi connectivity index (χ1) is 12.5. The van der Waals surface area contributed by atoms with E-state index in [0.717, 1.165) is 48.5 Å². The number of fused-ring (bicyclic) bond motifs is 1. The third-order valence-electron chi connectivity index (χ3n) is 4.63. The molecule has 0 radical (unpaired) electrons. The van der Waals surface area contributed by atoms with Crippen LogP contribution in [0.2, 0.25) is 5.02 Å². The normalized spacial score (nSPS) is 15.5. The summed E-state index contributed by atoms with van der Waals surface area (Å²) in [6, 6.07) is 7.73. The number of nitrogens with two attached hydrogens (primary N) is 1. The maximum absolute atomic E-state index is 11.7. The van der Waals surface area contributed by atoms with Crippen molar-refractivity contribution in [1.29, 1.82) is 0 Å². The number of carbonyl (C=O) groups is 1. The summed E-state index contributed by atoms with van der Waals surface area (Å²) in [6.45, 7) is 7.65. The number of hydrogen-bond acceptors (Lipinski definition) is 6. The molecule has 1 aromatic carbocycles. The van der Waals surface area contributed by atoms with E-state index in [-0.39, 0.29) is 36.8 Å². The summed E-state index contributed by atoms with van der Waals surface area (Å²) in [4.78, 5) is 20.8. The topological polar surface area (TPSA) is 71.7 Å². The molecular formula is C19H27Cl3N4O2. The number of para-hydroxylation sites is 1. The molecule has 156 valence electrons. The number of aromatic nitrogens is 1. The van der Waals surface area contributed by atoms with Crippen LogP contribution in [0, 0.1) is 0 Å². The lowest BCUT2D eigenvalue weighted by Gasteiger charge is -2.36. The fourth-order valence-electron chi connectivity index (χ4n) is 3.26. The van der Waals surface area contributed by atoms with Gasteiger partial charge in [-0.05, 0) is 26.0 Å². The molecule has 1 aliphatic heterocycles. The van der Waals surface area contributed by atoms with E-state index in [1.54, 1.807) is 0 Å². The van der Waals surface area contributed by atoms with Gasteiger partial charge in [-0.2, -0.15) is 0 Å². The molecule has 28 heavy (non-hydrogen) atoms. The summed E-state index contributed by atoms with van der Waals surface area (Å²) in [6.07, 6.45) is 0. The molecule has 1 aromatic heterocycles. The SMILES string of the molecule is CCOC(=O)CN1CCN(c2nc3c(Cl)cccc3cc2[C@H](C)N)CC1.Cl.Cl. The number of ether oxygens (including phenoxy) is 1. The van der Waals surface area contributed by atoms with Crippen LogP contribution in [0.5, 0.6) is 0 Å². The Balaban J connectivity index is 0.00000196. The van der Waals surface area contributed by atoms with Crippen molar-refractivity contribution in [3.63, 3.8) is 0 Å². The number of pyridine rings is 1. The number of esters is 1. The van der Waals surface area contributed by atoms with E-state index in [1.807, 2.05) is 32.0 Å². The lowest BCUT2D eigenvalue weighted by atomic mass is 10.1. The molecule has 2 N–H and O–H groups in total. The number of hydrogen-bond donors (Lipinski definition) is 1. The van der Waals surface area contributed by atoms with Gasteiger partial charge in [-0.3, -0.25) is 9.69 Å². The Labute approximate surface area is 183 Å². The van der Waals surface area contributed by atoms with Crippen molar-refractivity contribution in [2.45, 2.75) is 19.9 Å². The summed E-state index contributed by atoms with van der Waals surface area (Å²) >= 11 is 6.34. The van der Waals surface area contributed by atoms with Gasteiger partial charge < -0.3 is 15.4 Å². The van der Waals surface area contributed by atoms with Crippen molar-refractivity contribution in [2.24, 2.45) is 5.73 Å². The van der Waals surface area contributed by atoms with E-state index in [2.05, 4.69) is 15.9 Å². The Morgan fingerprint density at radius 2 is 1.96 bits per heavy atom. The number of carbonyl (C=O) groups excluding carboxylic acids is 1. The van der Waals surface area contributed by atoms with Crippen molar-refractivity contribution in [1.82, 2.24) is 9.88 Å². The van der Waals surface area contributed by atoms with Crippen LogP contribution in [0.1, 0.15) is 25.5 Å². The predicted molar refractivity (Wildman–Crippen MR) is 119 cm³/mol. The van der Waals surface area contributed by atoms with Crippen LogP contribution < -0.4 is 10.6 Å². The van der Waals surface area contributed by atoms with E-state index in [1.165, 1.54) is 0 Å². The Morgan fingerprint density at radius 1 is 1.29 bits per heavy atom. The summed E-state index contributed by atoms with van der Waals surface area (Å²) in [5, 5.41) is 1.63. The molecule has 0 bridgehead atoms. The molecule has 1 aliphatic rings. The van der Waals surface area contributed by atoms with Crippen LogP contribution in [0.15, 0.2) is 24.3 Å². The maximum Gasteiger partial charge on any atom is 0.320 e. The van der Waals surface area contributed by atoms with Gasteiger partial charge in [-0.25, -0.2) is 4.98 Å². The van der Waals surface area contributed by atoms with E-state index in [4.69, 9.17) is 27.1 Å². The molecule has 3 rings (SSSR count). The molecular weight excluding hydrogens is 423 g/mol. The van der Waals surface area contributed by atoms with Crippen LogP contribution in [-0.4, -0.2) is 55.2 Å². The Kier molecular flexibility index (Phi) is 9.74. The monoisotopic (exact) mass is 448 g/mol. The second-order valence-corrected chi connectivity index (χ2v) is 6.98. The Hall–Kier alpha value is -1.31. The minimum atomic E-state index is -0.173. The highest BCUT2D eigenvalue weighted by atomic mass is 35.5. The fourth-order valence-corrected chi connectivity index (χ4v) is 3.49. The van der Waals surface area contributed by atoms with Gasteiger partial charge in [0.05, 0.1) is 23.7 Å². The highest BCUT2D eigenvalue weighted by Gasteiger charge is 2.23. The molecule has 1 saturated heterocycles. The summed E-state index contributed by atoms with van der Waals surface area (Å²) < 4.78 is 5.03. The second kappa shape index (κ2) is 11.0. The Morgan fingerprint density at radius 3 is 2.57 bits per heavy atom. The van der Waals surface area contributed by atoms with Crippen LogP contribution in [0.25, 0.3) is 10.9 Å². The van der Waals surface area contributed by atoms with Gasteiger partial charge in [0.25, 0.3) is 0 Å². The Bertz CT molecular complexity index is 796. The average Bonchev–Trinajstić information content (AvgIpc) is 2.62. The van der Waals surface area contributed by atoms with Crippen molar-refractivity contribution >= 4 is 59.1 Å². The molecule has 9 heteroatoms. The number of nitrogens with zero attached hydrogens (tertiary/aromatic N) is 3. The zero-order valence-electron chi connectivity index (χ0n) is 16.1. The number of benzene rings is 1. The minimum absolute atomic E-state index is 0. The molecule has 0 aliphatic carbocycles. The summed E-state index contributed by atoms with van der Waals surface area (Å²) in [5.41, 5.74) is 8.01. The third kappa shape index (κ3) is 5.61. The summed E-state index contributed by atoms with van der Waals surface area (Å²) in [5.74, 6) is 0.712. The van der Waals surface area contributed by atoms with E-state index >= 15 is 0 Å². The van der Waals surface area contributed by atoms with E-state index in [0.29, 0.717) is 18.2 Å². The van der Waals surface area contributed by atoms with Crippen LogP contribution >= 0.6 is 36.4 Å². The van der Waals surface area contributed by atoms with Gasteiger partial charge in [0.1, 0.15) is 5.82 Å². The first-order valence-electron chi connectivity index (χ1n) is 8.97. The van der Waals surface area contributed by atoms with Gasteiger partial charge >= 0.3 is 5.97 Å². The predicted octanol–water partition coefficient (Wildman–Crippen LogP) is 3.44. The first-order valence-corrected chi connectivity index (χ1v) is 9.35. The van der Waals surface area contributed by atoms with Gasteiger partial charge in [0.2, 0.25) is 0 Å². The number of anilines is 1. The smallest absolute Gasteiger partial charge is 0.320 e. The maximum atomic E-state index is 11.7. The molecule has 2 aromatic rings. The average molecular weight is 450 g/mol. The van der Waals surface area contributed by atoms with Gasteiger partial charge in [-0.15, -0.1) is 24.8 Å². The van der Waals surface area contributed by atoms with Crippen LogP contribution in [0.4, 0.5) is 5.82 Å². The van der Waals surface area contributed by atoms with Crippen molar-refractivity contribution < 1.29 is 9.53 Å². The zero-order valence-corrected chi connectivity index (χ0v) is 18.4. The van der Waals surface area contributed by atoms with E-state index < -0.39 is 0 Å². The zero-order chi connectivity index (χ0) is 18.7. The highest BCUT2D eigenvalue weighted by Crippen LogP contribution is 2.31. The number of rotatable bonds is 5. The molecule has 2 heterocycles. The lowest BCUT2D eigenvalue weighted by molar-refractivity contribution is -0.144. The first kappa shape index (κ1) is 24.7. The molecule has 6 nitrogen and oxygen atoms in total. The molecule has 0 saturated carbocycles. The van der Waals surface area contributed by atoms with E-state index in [9.17, 15) is 4.79 Å². The molecule has 1 atom stereocenters. The van der Waals surface area contributed by atoms with Gasteiger partial charge in [0, 0.05) is 43.2 Å². The van der Waals surface area contributed by atoms with Gasteiger partial charge in [-0.1, -0.05) is 23.7 Å². The number of halogens is 3.